The molecule has 2 aromatic rings. The lowest BCUT2D eigenvalue weighted by Gasteiger charge is -2.23. The van der Waals surface area contributed by atoms with Crippen LogP contribution in [0.3, 0.4) is 0 Å². The first-order valence-electron chi connectivity index (χ1n) is 9.17. The van der Waals surface area contributed by atoms with Gasteiger partial charge in [-0.25, -0.2) is 13.4 Å². The zero-order valence-corrected chi connectivity index (χ0v) is 19.8. The highest BCUT2D eigenvalue weighted by Crippen LogP contribution is 2.33. The van der Waals surface area contributed by atoms with Gasteiger partial charge < -0.3 is 5.32 Å². The Morgan fingerprint density at radius 3 is 2.83 bits per heavy atom. The molecule has 0 saturated carbocycles. The van der Waals surface area contributed by atoms with Gasteiger partial charge in [-0.3, -0.25) is 9.69 Å². The summed E-state index contributed by atoms with van der Waals surface area (Å²) in [6.07, 6.45) is 2.02. The van der Waals surface area contributed by atoms with Crippen molar-refractivity contribution in [3.63, 3.8) is 0 Å². The lowest BCUT2D eigenvalue weighted by molar-refractivity contribution is -0.119. The first-order valence-corrected chi connectivity index (χ1v) is 12.6. The van der Waals surface area contributed by atoms with Crippen LogP contribution in [0, 0.1) is 0 Å². The second-order valence-electron chi connectivity index (χ2n) is 6.83. The van der Waals surface area contributed by atoms with E-state index in [1.807, 2.05) is 0 Å². The van der Waals surface area contributed by atoms with Gasteiger partial charge in [0.2, 0.25) is 5.91 Å². The lowest BCUT2D eigenvalue weighted by Crippen LogP contribution is -2.42. The highest BCUT2D eigenvalue weighted by Gasteiger charge is 2.40. The maximum Gasteiger partial charge on any atom is 0.253 e. The third-order valence-corrected chi connectivity index (χ3v) is 9.71. The summed E-state index contributed by atoms with van der Waals surface area (Å²) in [5, 5.41) is 3.41. The molecule has 0 bridgehead atoms. The van der Waals surface area contributed by atoms with Gasteiger partial charge in [0.1, 0.15) is 10.3 Å². The molecular formula is C17H22Cl2N4O3S3. The van der Waals surface area contributed by atoms with Gasteiger partial charge in [-0.15, -0.1) is 35.1 Å². The predicted molar refractivity (Wildman–Crippen MR) is 119 cm³/mol. The average molecular weight is 497 g/mol. The van der Waals surface area contributed by atoms with Gasteiger partial charge in [0.05, 0.1) is 10.0 Å². The Labute approximate surface area is 189 Å². The number of fused-ring (bicyclic) bond motifs is 1. The van der Waals surface area contributed by atoms with Crippen molar-refractivity contribution < 1.29 is 13.2 Å². The standard InChI is InChI=1S/C17H21ClN4O3S3.ClH/c1-2-21-9-7-11-13(10-21)26-17(19-11)20-16(23)12-4-3-8-22(12)28(24,25)15-6-5-14(18)27-15;/h5-6,12H,2-4,7-10H2,1H3,(H,19,20,23);1H. The number of carbonyl (C=O) groups is 1. The van der Waals surface area contributed by atoms with Crippen LogP contribution in [0.1, 0.15) is 30.3 Å². The van der Waals surface area contributed by atoms with Gasteiger partial charge in [0, 0.05) is 30.9 Å². The number of rotatable bonds is 5. The van der Waals surface area contributed by atoms with Crippen molar-refractivity contribution in [2.45, 2.75) is 43.0 Å². The van der Waals surface area contributed by atoms with Crippen LogP contribution in [0.2, 0.25) is 4.34 Å². The Morgan fingerprint density at radius 2 is 2.14 bits per heavy atom. The minimum absolute atomic E-state index is 0. The normalized spacial score (nSPS) is 20.3. The molecule has 0 spiro atoms. The molecule has 0 aliphatic carbocycles. The molecular weight excluding hydrogens is 475 g/mol. The first-order chi connectivity index (χ1) is 13.4. The SMILES string of the molecule is CCN1CCc2nc(NC(=O)C3CCCN3S(=O)(=O)c3ccc(Cl)s3)sc2C1.Cl. The van der Waals surface area contributed by atoms with Gasteiger partial charge in [0.25, 0.3) is 10.0 Å². The summed E-state index contributed by atoms with van der Waals surface area (Å²) in [5.74, 6) is -0.317. The Morgan fingerprint density at radius 1 is 1.34 bits per heavy atom. The number of sulfonamides is 1. The van der Waals surface area contributed by atoms with Crippen molar-refractivity contribution in [3.05, 3.63) is 27.0 Å². The van der Waals surface area contributed by atoms with Crippen LogP contribution >= 0.6 is 46.7 Å². The number of hydrogen-bond acceptors (Lipinski definition) is 7. The van der Waals surface area contributed by atoms with E-state index in [2.05, 4.69) is 22.1 Å². The molecule has 4 rings (SSSR count). The second-order valence-corrected chi connectivity index (χ2v) is 11.7. The molecule has 2 aromatic heterocycles. The summed E-state index contributed by atoms with van der Waals surface area (Å²) in [5.41, 5.74) is 1.04. The zero-order valence-electron chi connectivity index (χ0n) is 15.8. The number of nitrogens with zero attached hydrogens (tertiary/aromatic N) is 3. The van der Waals surface area contributed by atoms with Crippen molar-refractivity contribution in [1.29, 1.82) is 0 Å². The fraction of sp³-hybridized carbons (Fsp3) is 0.529. The Balaban J connectivity index is 0.00000240. The minimum Gasteiger partial charge on any atom is -0.301 e. The number of halogens is 2. The summed E-state index contributed by atoms with van der Waals surface area (Å²) in [6, 6.07) is 2.33. The smallest absolute Gasteiger partial charge is 0.253 e. The monoisotopic (exact) mass is 496 g/mol. The molecule has 0 radical (unpaired) electrons. The number of anilines is 1. The van der Waals surface area contributed by atoms with Crippen LogP contribution in [0.4, 0.5) is 5.13 Å². The maximum atomic E-state index is 12.9. The Hall–Kier alpha value is -0.750. The summed E-state index contributed by atoms with van der Waals surface area (Å²) in [4.78, 5) is 20.9. The molecule has 2 aliphatic rings. The van der Waals surface area contributed by atoms with Gasteiger partial charge in [0.15, 0.2) is 5.13 Å². The fourth-order valence-corrected chi connectivity index (χ4v) is 7.92. The molecule has 2 aliphatic heterocycles. The average Bonchev–Trinajstić information content (AvgIpc) is 3.39. The number of thiophene rings is 1. The predicted octanol–water partition coefficient (Wildman–Crippen LogP) is 3.45. The highest BCUT2D eigenvalue weighted by molar-refractivity contribution is 7.91. The van der Waals surface area contributed by atoms with Gasteiger partial charge >= 0.3 is 0 Å². The Kier molecular flexibility index (Phi) is 7.25. The van der Waals surface area contributed by atoms with Crippen molar-refractivity contribution in [3.8, 4) is 0 Å². The van der Waals surface area contributed by atoms with E-state index < -0.39 is 16.1 Å². The van der Waals surface area contributed by atoms with E-state index >= 15 is 0 Å². The topological polar surface area (TPSA) is 82.6 Å². The number of likely N-dealkylation sites (N-methyl/N-ethyl adjacent to an activating group) is 1. The lowest BCUT2D eigenvalue weighted by atomic mass is 10.2. The van der Waals surface area contributed by atoms with E-state index in [0.29, 0.717) is 28.9 Å². The van der Waals surface area contributed by atoms with E-state index in [-0.39, 0.29) is 22.5 Å². The molecule has 0 aromatic carbocycles. The Bertz CT molecular complexity index is 992. The second kappa shape index (κ2) is 9.17. The molecule has 1 atom stereocenters. The number of amides is 1. The summed E-state index contributed by atoms with van der Waals surface area (Å²) < 4.78 is 27.7. The zero-order chi connectivity index (χ0) is 19.9. The van der Waals surface area contributed by atoms with Crippen LogP contribution in [-0.2, 0) is 27.8 Å². The molecule has 29 heavy (non-hydrogen) atoms. The number of thiazole rings is 1. The minimum atomic E-state index is -3.73. The van der Waals surface area contributed by atoms with Crippen LogP contribution < -0.4 is 5.32 Å². The van der Waals surface area contributed by atoms with Crippen LogP contribution in [0.5, 0.6) is 0 Å². The quantitative estimate of drug-likeness (QED) is 0.685. The number of hydrogen-bond donors (Lipinski definition) is 1. The molecule has 4 heterocycles. The van der Waals surface area contributed by atoms with Crippen LogP contribution in [0.25, 0.3) is 0 Å². The van der Waals surface area contributed by atoms with E-state index in [1.54, 1.807) is 6.07 Å². The van der Waals surface area contributed by atoms with E-state index in [1.165, 1.54) is 26.6 Å². The molecule has 7 nitrogen and oxygen atoms in total. The summed E-state index contributed by atoms with van der Waals surface area (Å²) in [7, 11) is -3.73. The molecule has 1 N–H and O–H groups in total. The van der Waals surface area contributed by atoms with E-state index in [9.17, 15) is 13.2 Å². The molecule has 1 unspecified atom stereocenters. The third kappa shape index (κ3) is 4.63. The van der Waals surface area contributed by atoms with E-state index in [4.69, 9.17) is 11.6 Å². The largest absolute Gasteiger partial charge is 0.301 e. The van der Waals surface area contributed by atoms with Crippen molar-refractivity contribution in [2.75, 3.05) is 25.0 Å². The fourth-order valence-electron chi connectivity index (χ4n) is 3.60. The maximum absolute atomic E-state index is 12.9. The van der Waals surface area contributed by atoms with E-state index in [0.717, 1.165) is 43.1 Å². The first kappa shape index (κ1) is 22.9. The summed E-state index contributed by atoms with van der Waals surface area (Å²) in [6.45, 7) is 5.27. The van der Waals surface area contributed by atoms with Crippen LogP contribution in [0.15, 0.2) is 16.3 Å². The highest BCUT2D eigenvalue weighted by atomic mass is 35.5. The van der Waals surface area contributed by atoms with Gasteiger partial charge in [-0.2, -0.15) is 4.31 Å². The third-order valence-electron chi connectivity index (χ3n) is 5.11. The number of carbonyl (C=O) groups excluding carboxylic acids is 1. The molecule has 1 fully saturated rings. The number of nitrogens with one attached hydrogen (secondary N) is 1. The molecule has 1 saturated heterocycles. The molecule has 160 valence electrons. The molecule has 1 amide bonds. The van der Waals surface area contributed by atoms with Crippen molar-refractivity contribution in [2.24, 2.45) is 0 Å². The van der Waals surface area contributed by atoms with Gasteiger partial charge in [-0.05, 0) is 31.5 Å². The van der Waals surface area contributed by atoms with Crippen molar-refractivity contribution >= 4 is 67.7 Å². The summed E-state index contributed by atoms with van der Waals surface area (Å²) >= 11 is 8.39. The molecule has 12 heteroatoms. The van der Waals surface area contributed by atoms with Crippen LogP contribution in [-0.4, -0.2) is 54.2 Å². The van der Waals surface area contributed by atoms with Crippen molar-refractivity contribution in [1.82, 2.24) is 14.2 Å². The number of aromatic nitrogens is 1. The van der Waals surface area contributed by atoms with Gasteiger partial charge in [-0.1, -0.05) is 18.5 Å².